The first-order chi connectivity index (χ1) is 7.24. The Morgan fingerprint density at radius 3 is 2.40 bits per heavy atom. The van der Waals surface area contributed by atoms with E-state index in [4.69, 9.17) is 0 Å². The number of rotatable bonds is 4. The zero-order valence-electron chi connectivity index (χ0n) is 9.59. The third-order valence-electron chi connectivity index (χ3n) is 2.48. The summed E-state index contributed by atoms with van der Waals surface area (Å²) in [5.41, 5.74) is 4.85. The molecule has 0 aliphatic carbocycles. The van der Waals surface area contributed by atoms with Gasteiger partial charge in [0.05, 0.1) is 0 Å². The minimum atomic E-state index is 1.05. The van der Waals surface area contributed by atoms with Gasteiger partial charge in [0, 0.05) is 0 Å². The molecular formula is C15H18. The predicted octanol–water partition coefficient (Wildman–Crippen LogP) is 4.70. The minimum absolute atomic E-state index is 1.05. The normalized spacial score (nSPS) is 10.5. The molecule has 0 nitrogen and oxygen atoms in total. The van der Waals surface area contributed by atoms with Gasteiger partial charge in [0.25, 0.3) is 0 Å². The molecule has 15 heavy (non-hydrogen) atoms. The van der Waals surface area contributed by atoms with E-state index in [-0.39, 0.29) is 0 Å². The average Bonchev–Trinajstić information content (AvgIpc) is 2.27. The first-order valence-corrected chi connectivity index (χ1v) is 5.29. The minimum Gasteiger partial charge on any atom is -0.0984 e. The van der Waals surface area contributed by atoms with E-state index in [1.54, 1.807) is 0 Å². The van der Waals surface area contributed by atoms with Crippen LogP contribution in [0, 0.1) is 6.92 Å². The zero-order chi connectivity index (χ0) is 11.3. The van der Waals surface area contributed by atoms with Crippen molar-refractivity contribution in [1.82, 2.24) is 0 Å². The fraction of sp³-hybridized carbons (Fsp3) is 0.200. The Balaban J connectivity index is 3.38. The molecule has 0 unspecified atom stereocenters. The summed E-state index contributed by atoms with van der Waals surface area (Å²) in [5, 5.41) is 0. The second-order valence-corrected chi connectivity index (χ2v) is 3.52. The van der Waals surface area contributed by atoms with Gasteiger partial charge >= 0.3 is 0 Å². The maximum absolute atomic E-state index is 3.87. The summed E-state index contributed by atoms with van der Waals surface area (Å²) in [4.78, 5) is 0. The van der Waals surface area contributed by atoms with Crippen molar-refractivity contribution >= 4 is 18.2 Å². The lowest BCUT2D eigenvalue weighted by atomic mass is 9.96. The maximum Gasteiger partial charge on any atom is -0.0115 e. The summed E-state index contributed by atoms with van der Waals surface area (Å²) in [6.45, 7) is 11.9. The lowest BCUT2D eigenvalue weighted by Gasteiger charge is -2.09. The van der Waals surface area contributed by atoms with Gasteiger partial charge in [-0.1, -0.05) is 56.5 Å². The summed E-state index contributed by atoms with van der Waals surface area (Å²) >= 11 is 0. The van der Waals surface area contributed by atoms with Gasteiger partial charge < -0.3 is 0 Å². The highest BCUT2D eigenvalue weighted by atomic mass is 14.1. The Morgan fingerprint density at radius 1 is 1.13 bits per heavy atom. The van der Waals surface area contributed by atoms with Crippen LogP contribution in [-0.2, 0) is 0 Å². The van der Waals surface area contributed by atoms with Crippen molar-refractivity contribution < 1.29 is 0 Å². The van der Waals surface area contributed by atoms with Gasteiger partial charge in [-0.15, -0.1) is 0 Å². The smallest absolute Gasteiger partial charge is 0.0115 e. The number of benzene rings is 1. The van der Waals surface area contributed by atoms with Gasteiger partial charge in [0.1, 0.15) is 0 Å². The van der Waals surface area contributed by atoms with E-state index < -0.39 is 0 Å². The second-order valence-electron chi connectivity index (χ2n) is 3.52. The molecule has 0 atom stereocenters. The largest absolute Gasteiger partial charge is 0.0984 e. The number of allylic oxidation sites excluding steroid dienone is 1. The number of hydrogen-bond donors (Lipinski definition) is 0. The van der Waals surface area contributed by atoms with Crippen molar-refractivity contribution in [3.05, 3.63) is 53.6 Å². The third kappa shape index (κ3) is 2.47. The fourth-order valence-corrected chi connectivity index (χ4v) is 1.62. The van der Waals surface area contributed by atoms with Crippen LogP contribution in [0.4, 0.5) is 0 Å². The lowest BCUT2D eigenvalue weighted by Crippen LogP contribution is -1.90. The molecular weight excluding hydrogens is 180 g/mol. The fourth-order valence-electron chi connectivity index (χ4n) is 1.62. The molecule has 0 saturated heterocycles. The van der Waals surface area contributed by atoms with Gasteiger partial charge in [-0.25, -0.2) is 0 Å². The molecule has 0 amide bonds. The van der Waals surface area contributed by atoms with Crippen molar-refractivity contribution in [3.63, 3.8) is 0 Å². The van der Waals surface area contributed by atoms with E-state index >= 15 is 0 Å². The van der Waals surface area contributed by atoms with Crippen LogP contribution in [0.2, 0.25) is 0 Å². The highest BCUT2D eigenvalue weighted by Gasteiger charge is 2.03. The SMILES string of the molecule is C=Cc1ccc(C)c(/C=C\CC)c1C=C. The molecule has 0 fully saturated rings. The summed E-state index contributed by atoms with van der Waals surface area (Å²) in [7, 11) is 0. The molecule has 0 aromatic heterocycles. The van der Waals surface area contributed by atoms with Crippen LogP contribution in [0.25, 0.3) is 18.2 Å². The third-order valence-corrected chi connectivity index (χ3v) is 2.48. The Kier molecular flexibility index (Phi) is 4.11. The van der Waals surface area contributed by atoms with Crippen LogP contribution >= 0.6 is 0 Å². The van der Waals surface area contributed by atoms with Crippen LogP contribution in [0.1, 0.15) is 35.6 Å². The summed E-state index contributed by atoms with van der Waals surface area (Å²) < 4.78 is 0. The Labute approximate surface area is 92.6 Å². The van der Waals surface area contributed by atoms with Crippen LogP contribution in [0.15, 0.2) is 31.4 Å². The van der Waals surface area contributed by atoms with Gasteiger partial charge in [-0.05, 0) is 35.6 Å². The highest BCUT2D eigenvalue weighted by molar-refractivity contribution is 5.74. The molecule has 0 N–H and O–H groups in total. The molecule has 0 bridgehead atoms. The van der Waals surface area contributed by atoms with E-state index in [9.17, 15) is 0 Å². The van der Waals surface area contributed by atoms with Gasteiger partial charge in [0.2, 0.25) is 0 Å². The molecule has 0 heteroatoms. The van der Waals surface area contributed by atoms with E-state index in [1.165, 1.54) is 16.7 Å². The predicted molar refractivity (Wildman–Crippen MR) is 70.7 cm³/mol. The Bertz CT molecular complexity index is 395. The molecule has 0 spiro atoms. The van der Waals surface area contributed by atoms with Crippen LogP contribution in [0.5, 0.6) is 0 Å². The molecule has 0 heterocycles. The van der Waals surface area contributed by atoms with Crippen LogP contribution < -0.4 is 0 Å². The van der Waals surface area contributed by atoms with Crippen LogP contribution in [-0.4, -0.2) is 0 Å². The van der Waals surface area contributed by atoms with Crippen molar-refractivity contribution in [2.45, 2.75) is 20.3 Å². The van der Waals surface area contributed by atoms with Crippen molar-refractivity contribution in [1.29, 1.82) is 0 Å². The van der Waals surface area contributed by atoms with Gasteiger partial charge in [-0.2, -0.15) is 0 Å². The van der Waals surface area contributed by atoms with E-state index in [1.807, 2.05) is 12.2 Å². The molecule has 78 valence electrons. The van der Waals surface area contributed by atoms with Crippen molar-refractivity contribution in [2.75, 3.05) is 0 Å². The monoisotopic (exact) mass is 198 g/mol. The molecule has 0 radical (unpaired) electrons. The van der Waals surface area contributed by atoms with E-state index in [0.29, 0.717) is 0 Å². The second kappa shape index (κ2) is 5.35. The van der Waals surface area contributed by atoms with Gasteiger partial charge in [0.15, 0.2) is 0 Å². The molecule has 1 aromatic rings. The number of aryl methyl sites for hydroxylation is 1. The first-order valence-electron chi connectivity index (χ1n) is 5.29. The van der Waals surface area contributed by atoms with Gasteiger partial charge in [-0.3, -0.25) is 0 Å². The van der Waals surface area contributed by atoms with Crippen molar-refractivity contribution in [2.24, 2.45) is 0 Å². The van der Waals surface area contributed by atoms with Crippen molar-refractivity contribution in [3.8, 4) is 0 Å². The molecule has 1 aromatic carbocycles. The average molecular weight is 198 g/mol. The molecule has 0 saturated carbocycles. The summed E-state index contributed by atoms with van der Waals surface area (Å²) in [6, 6.07) is 4.21. The topological polar surface area (TPSA) is 0 Å². The zero-order valence-corrected chi connectivity index (χ0v) is 9.59. The first kappa shape index (κ1) is 11.5. The standard InChI is InChI=1S/C15H18/c1-5-8-9-15-12(4)10-11-13(6-2)14(15)7-3/h6-11H,2-3,5H2,1,4H3/b9-8-. The van der Waals surface area contributed by atoms with Crippen LogP contribution in [0.3, 0.4) is 0 Å². The summed E-state index contributed by atoms with van der Waals surface area (Å²) in [5.74, 6) is 0. The Hall–Kier alpha value is -1.56. The van der Waals surface area contributed by atoms with E-state index in [2.05, 4.69) is 51.3 Å². The molecule has 0 aliphatic rings. The molecule has 0 aliphatic heterocycles. The Morgan fingerprint density at radius 2 is 1.87 bits per heavy atom. The lowest BCUT2D eigenvalue weighted by molar-refractivity contribution is 1.23. The maximum atomic E-state index is 3.87. The highest BCUT2D eigenvalue weighted by Crippen LogP contribution is 2.22. The quantitative estimate of drug-likeness (QED) is 0.657. The molecule has 1 rings (SSSR count). The van der Waals surface area contributed by atoms with E-state index in [0.717, 1.165) is 12.0 Å². The number of hydrogen-bond acceptors (Lipinski definition) is 0. The summed E-state index contributed by atoms with van der Waals surface area (Å²) in [6.07, 6.45) is 9.16.